The van der Waals surface area contributed by atoms with Crippen molar-refractivity contribution in [2.75, 3.05) is 10.6 Å². The highest BCUT2D eigenvalue weighted by Gasteiger charge is 2.09. The monoisotopic (exact) mass is 393 g/mol. The zero-order valence-corrected chi connectivity index (χ0v) is 14.5. The first-order chi connectivity index (χ1) is 12.1. The summed E-state index contributed by atoms with van der Waals surface area (Å²) in [6, 6.07) is 16.2. The first kappa shape index (κ1) is 16.6. The zero-order chi connectivity index (χ0) is 17.6. The molecule has 7 heteroatoms. The Hall–Kier alpha value is -3.24. The number of nitrogens with one attached hydrogen (secondary N) is 2. The molecule has 0 unspecified atom stereocenters. The van der Waals surface area contributed by atoms with Gasteiger partial charge in [-0.3, -0.25) is 4.79 Å². The van der Waals surface area contributed by atoms with Crippen molar-refractivity contribution < 1.29 is 4.79 Å². The highest BCUT2D eigenvalue weighted by atomic mass is 79.9. The summed E-state index contributed by atoms with van der Waals surface area (Å²) < 4.78 is 0.948. The number of carbonyl (C=O) groups excluding carboxylic acids is 1. The minimum absolute atomic E-state index is 0.198. The molecule has 6 nitrogen and oxygen atoms in total. The molecule has 0 radical (unpaired) electrons. The summed E-state index contributed by atoms with van der Waals surface area (Å²) in [6.45, 7) is 0. The highest BCUT2D eigenvalue weighted by molar-refractivity contribution is 9.10. The van der Waals surface area contributed by atoms with Crippen LogP contribution >= 0.6 is 15.9 Å². The first-order valence-electron chi connectivity index (χ1n) is 7.30. The summed E-state index contributed by atoms with van der Waals surface area (Å²) in [7, 11) is 0. The predicted octanol–water partition coefficient (Wildman–Crippen LogP) is 4.11. The van der Waals surface area contributed by atoms with Crippen LogP contribution in [-0.2, 0) is 0 Å². The summed E-state index contributed by atoms with van der Waals surface area (Å²) in [4.78, 5) is 20.5. The molecular formula is C18H12BrN5O. The van der Waals surface area contributed by atoms with Crippen molar-refractivity contribution in [3.05, 3.63) is 76.7 Å². The number of anilines is 3. The molecule has 1 amide bonds. The summed E-state index contributed by atoms with van der Waals surface area (Å²) in [5.74, 6) is 0.166. The van der Waals surface area contributed by atoms with E-state index in [4.69, 9.17) is 5.26 Å². The molecule has 0 aliphatic carbocycles. The first-order valence-corrected chi connectivity index (χ1v) is 8.09. The van der Waals surface area contributed by atoms with Crippen LogP contribution in [0.25, 0.3) is 0 Å². The molecule has 25 heavy (non-hydrogen) atoms. The molecule has 122 valence electrons. The van der Waals surface area contributed by atoms with Crippen LogP contribution in [-0.4, -0.2) is 15.9 Å². The van der Waals surface area contributed by atoms with Gasteiger partial charge in [0.2, 0.25) is 0 Å². The van der Waals surface area contributed by atoms with E-state index in [2.05, 4.69) is 36.5 Å². The molecule has 0 saturated heterocycles. The van der Waals surface area contributed by atoms with Crippen LogP contribution in [0.1, 0.15) is 16.1 Å². The number of hydrogen-bond donors (Lipinski definition) is 2. The Morgan fingerprint density at radius 3 is 2.48 bits per heavy atom. The summed E-state index contributed by atoms with van der Waals surface area (Å²) in [5, 5.41) is 14.6. The van der Waals surface area contributed by atoms with Crippen molar-refractivity contribution >= 4 is 39.0 Å². The molecule has 0 aliphatic rings. The van der Waals surface area contributed by atoms with Crippen LogP contribution in [0.15, 0.2) is 65.4 Å². The van der Waals surface area contributed by atoms with Gasteiger partial charge in [-0.05, 0) is 42.5 Å². The lowest BCUT2D eigenvalue weighted by Gasteiger charge is -2.07. The zero-order valence-electron chi connectivity index (χ0n) is 12.9. The Morgan fingerprint density at radius 1 is 1.04 bits per heavy atom. The third-order valence-corrected chi connectivity index (χ3v) is 3.75. The van der Waals surface area contributed by atoms with Crippen LogP contribution in [0.2, 0.25) is 0 Å². The third-order valence-electron chi connectivity index (χ3n) is 3.25. The summed E-state index contributed by atoms with van der Waals surface area (Å²) >= 11 is 3.40. The molecule has 3 aromatic rings. The van der Waals surface area contributed by atoms with Crippen molar-refractivity contribution in [1.29, 1.82) is 5.26 Å². The molecule has 0 spiro atoms. The van der Waals surface area contributed by atoms with E-state index < -0.39 is 0 Å². The van der Waals surface area contributed by atoms with Crippen molar-refractivity contribution in [1.82, 2.24) is 9.97 Å². The van der Waals surface area contributed by atoms with Crippen molar-refractivity contribution in [2.24, 2.45) is 0 Å². The van der Waals surface area contributed by atoms with E-state index in [1.807, 2.05) is 30.3 Å². The fraction of sp³-hybridized carbons (Fsp3) is 0. The lowest BCUT2D eigenvalue weighted by molar-refractivity contribution is 0.102. The van der Waals surface area contributed by atoms with E-state index in [1.165, 1.54) is 12.4 Å². The van der Waals surface area contributed by atoms with Gasteiger partial charge in [0.25, 0.3) is 5.91 Å². The molecule has 1 heterocycles. The van der Waals surface area contributed by atoms with Crippen LogP contribution < -0.4 is 10.6 Å². The second kappa shape index (κ2) is 7.55. The fourth-order valence-corrected chi connectivity index (χ4v) is 2.45. The minimum Gasteiger partial charge on any atom is -0.339 e. The average molecular weight is 394 g/mol. The minimum atomic E-state index is -0.369. The maximum absolute atomic E-state index is 12.2. The molecule has 0 fully saturated rings. The number of benzene rings is 2. The normalized spacial score (nSPS) is 9.92. The predicted molar refractivity (Wildman–Crippen MR) is 98.6 cm³/mol. The quantitative estimate of drug-likeness (QED) is 0.695. The van der Waals surface area contributed by atoms with Crippen LogP contribution in [0, 0.1) is 11.3 Å². The molecule has 3 rings (SSSR count). The maximum atomic E-state index is 12.2. The number of nitrogens with zero attached hydrogens (tertiary/aromatic N) is 3. The van der Waals surface area contributed by atoms with Crippen LogP contribution in [0.4, 0.5) is 17.2 Å². The smallest absolute Gasteiger partial charge is 0.275 e. The Bertz CT molecular complexity index is 933. The summed E-state index contributed by atoms with van der Waals surface area (Å²) in [5.41, 5.74) is 2.17. The van der Waals surface area contributed by atoms with Crippen LogP contribution in [0.3, 0.4) is 0 Å². The molecule has 0 bridgehead atoms. The van der Waals surface area contributed by atoms with Crippen molar-refractivity contribution in [3.63, 3.8) is 0 Å². The average Bonchev–Trinajstić information content (AvgIpc) is 2.63. The van der Waals surface area contributed by atoms with E-state index in [1.54, 1.807) is 24.3 Å². The molecule has 0 aliphatic heterocycles. The Balaban J connectivity index is 1.66. The van der Waals surface area contributed by atoms with Crippen molar-refractivity contribution in [2.45, 2.75) is 0 Å². The topological polar surface area (TPSA) is 90.7 Å². The lowest BCUT2D eigenvalue weighted by atomic mass is 10.2. The third kappa shape index (κ3) is 4.40. The number of rotatable bonds is 4. The number of aromatic nitrogens is 2. The molecular weight excluding hydrogens is 382 g/mol. The van der Waals surface area contributed by atoms with Gasteiger partial charge in [-0.1, -0.05) is 22.0 Å². The largest absolute Gasteiger partial charge is 0.339 e. The number of carbonyl (C=O) groups is 1. The number of nitriles is 1. The molecule has 0 atom stereocenters. The van der Waals surface area contributed by atoms with E-state index in [9.17, 15) is 4.79 Å². The summed E-state index contributed by atoms with van der Waals surface area (Å²) in [6.07, 6.45) is 2.90. The van der Waals surface area contributed by atoms with Gasteiger partial charge in [-0.25, -0.2) is 9.97 Å². The Labute approximate surface area is 152 Å². The van der Waals surface area contributed by atoms with Gasteiger partial charge < -0.3 is 10.6 Å². The van der Waals surface area contributed by atoms with Gasteiger partial charge in [0, 0.05) is 15.8 Å². The van der Waals surface area contributed by atoms with Crippen LogP contribution in [0.5, 0.6) is 0 Å². The molecule has 2 N–H and O–H groups in total. The van der Waals surface area contributed by atoms with E-state index in [0.717, 1.165) is 10.2 Å². The molecule has 0 saturated carbocycles. The van der Waals surface area contributed by atoms with E-state index in [-0.39, 0.29) is 11.6 Å². The number of halogens is 1. The van der Waals surface area contributed by atoms with Crippen molar-refractivity contribution in [3.8, 4) is 6.07 Å². The maximum Gasteiger partial charge on any atom is 0.275 e. The number of amides is 1. The number of hydrogen-bond acceptors (Lipinski definition) is 5. The fourth-order valence-electron chi connectivity index (χ4n) is 2.05. The lowest BCUT2D eigenvalue weighted by Crippen LogP contribution is -2.14. The van der Waals surface area contributed by atoms with E-state index >= 15 is 0 Å². The highest BCUT2D eigenvalue weighted by Crippen LogP contribution is 2.19. The second-order valence-corrected chi connectivity index (χ2v) is 5.98. The van der Waals surface area contributed by atoms with Gasteiger partial charge in [0.15, 0.2) is 0 Å². The van der Waals surface area contributed by atoms with Gasteiger partial charge in [-0.2, -0.15) is 5.26 Å². The Kier molecular flexibility index (Phi) is 5.02. The van der Waals surface area contributed by atoms with Gasteiger partial charge in [0.1, 0.15) is 11.5 Å². The second-order valence-electron chi connectivity index (χ2n) is 5.07. The standard InChI is InChI=1S/C18H12BrN5O/c19-13-2-1-3-15(8-13)23-17-11-21-16(10-22-17)18(25)24-14-6-4-12(9-20)5-7-14/h1-8,10-11H,(H,22,23)(H,24,25). The Morgan fingerprint density at radius 2 is 1.84 bits per heavy atom. The molecule has 2 aromatic carbocycles. The SMILES string of the molecule is N#Cc1ccc(NC(=O)c2cnc(Nc3cccc(Br)c3)cn2)cc1. The van der Waals surface area contributed by atoms with Gasteiger partial charge in [0.05, 0.1) is 24.0 Å². The van der Waals surface area contributed by atoms with E-state index in [0.29, 0.717) is 17.1 Å². The molecule has 1 aromatic heterocycles. The van der Waals surface area contributed by atoms with Gasteiger partial charge in [-0.15, -0.1) is 0 Å². The van der Waals surface area contributed by atoms with Gasteiger partial charge >= 0.3 is 0 Å².